The number of aromatic nitrogens is 1. The molecule has 0 radical (unpaired) electrons. The monoisotopic (exact) mass is 150 g/mol. The minimum Gasteiger partial charge on any atom is -0.249 e. The van der Waals surface area contributed by atoms with Gasteiger partial charge in [-0.2, -0.15) is 5.26 Å². The van der Waals surface area contributed by atoms with E-state index in [0.717, 1.165) is 18.5 Å². The maximum atomic E-state index is 8.66. The van der Waals surface area contributed by atoms with Crippen molar-refractivity contribution in [3.05, 3.63) is 16.1 Å². The lowest BCUT2D eigenvalue weighted by Gasteiger charge is -1.91. The number of nitriles is 1. The predicted molar refractivity (Wildman–Crippen MR) is 38.8 cm³/mol. The summed E-state index contributed by atoms with van der Waals surface area (Å²) < 4.78 is 0. The molecular formula is C7H6N2S. The van der Waals surface area contributed by atoms with Gasteiger partial charge in [-0.25, -0.2) is 4.98 Å². The normalized spacial score (nSPS) is 22.1. The first-order valence-electron chi connectivity index (χ1n) is 3.23. The average Bonchev–Trinajstić information content (AvgIpc) is 2.44. The quantitative estimate of drug-likeness (QED) is 0.564. The molecule has 50 valence electrons. The van der Waals surface area contributed by atoms with Gasteiger partial charge in [-0.1, -0.05) is 0 Å². The third-order valence-corrected chi connectivity index (χ3v) is 2.80. The van der Waals surface area contributed by atoms with Gasteiger partial charge < -0.3 is 0 Å². The van der Waals surface area contributed by atoms with Crippen LogP contribution in [0.25, 0.3) is 0 Å². The van der Waals surface area contributed by atoms with Gasteiger partial charge in [0, 0.05) is 4.88 Å². The SMILES string of the molecule is N#C[C@H]1CCc2ncsc21. The molecule has 1 aromatic rings. The van der Waals surface area contributed by atoms with Crippen LogP contribution in [-0.2, 0) is 6.42 Å². The van der Waals surface area contributed by atoms with Gasteiger partial charge in [0.05, 0.1) is 23.2 Å². The van der Waals surface area contributed by atoms with E-state index in [1.165, 1.54) is 4.88 Å². The summed E-state index contributed by atoms with van der Waals surface area (Å²) in [5, 5.41) is 8.66. The summed E-state index contributed by atoms with van der Waals surface area (Å²) in [5.74, 6) is 0.141. The molecule has 0 bridgehead atoms. The number of hydrogen-bond acceptors (Lipinski definition) is 3. The molecule has 0 saturated heterocycles. The Labute approximate surface area is 63.1 Å². The van der Waals surface area contributed by atoms with Crippen LogP contribution < -0.4 is 0 Å². The summed E-state index contributed by atoms with van der Waals surface area (Å²) in [5.41, 5.74) is 2.98. The molecule has 0 spiro atoms. The van der Waals surface area contributed by atoms with Crippen LogP contribution in [0.1, 0.15) is 22.9 Å². The molecule has 3 heteroatoms. The summed E-state index contributed by atoms with van der Waals surface area (Å²) in [6.45, 7) is 0. The van der Waals surface area contributed by atoms with Gasteiger partial charge in [0.15, 0.2) is 0 Å². The zero-order valence-corrected chi connectivity index (χ0v) is 6.19. The first-order chi connectivity index (χ1) is 4.92. The van der Waals surface area contributed by atoms with Crippen molar-refractivity contribution in [1.29, 1.82) is 5.26 Å². The Morgan fingerprint density at radius 2 is 2.70 bits per heavy atom. The van der Waals surface area contributed by atoms with Gasteiger partial charge in [0.2, 0.25) is 0 Å². The Morgan fingerprint density at radius 1 is 1.80 bits per heavy atom. The van der Waals surface area contributed by atoms with Gasteiger partial charge in [-0.05, 0) is 12.8 Å². The third-order valence-electron chi connectivity index (χ3n) is 1.81. The molecule has 0 fully saturated rings. The second-order valence-corrected chi connectivity index (χ2v) is 3.27. The third kappa shape index (κ3) is 0.659. The molecule has 1 aromatic heterocycles. The second kappa shape index (κ2) is 2.06. The van der Waals surface area contributed by atoms with E-state index in [-0.39, 0.29) is 5.92 Å². The van der Waals surface area contributed by atoms with Crippen LogP contribution in [0.4, 0.5) is 0 Å². The molecule has 0 aliphatic heterocycles. The van der Waals surface area contributed by atoms with Crippen molar-refractivity contribution in [3.8, 4) is 6.07 Å². The van der Waals surface area contributed by atoms with E-state index in [0.29, 0.717) is 0 Å². The van der Waals surface area contributed by atoms with Crippen molar-refractivity contribution in [3.63, 3.8) is 0 Å². The standard InChI is InChI=1S/C7H6N2S/c8-3-5-1-2-6-7(5)10-4-9-6/h4-5H,1-2H2/t5-/m1/s1. The van der Waals surface area contributed by atoms with E-state index < -0.39 is 0 Å². The largest absolute Gasteiger partial charge is 0.249 e. The van der Waals surface area contributed by atoms with Crippen LogP contribution in [0.3, 0.4) is 0 Å². The number of nitrogens with zero attached hydrogens (tertiary/aromatic N) is 2. The van der Waals surface area contributed by atoms with Crippen LogP contribution in [0, 0.1) is 11.3 Å². The first kappa shape index (κ1) is 5.87. The van der Waals surface area contributed by atoms with Crippen LogP contribution in [0.15, 0.2) is 5.51 Å². The molecule has 1 aliphatic rings. The molecule has 1 atom stereocenters. The number of rotatable bonds is 0. The Kier molecular flexibility index (Phi) is 1.21. The smallest absolute Gasteiger partial charge is 0.0828 e. The zero-order valence-electron chi connectivity index (χ0n) is 5.37. The number of hydrogen-bond donors (Lipinski definition) is 0. The summed E-state index contributed by atoms with van der Waals surface area (Å²) in [6.07, 6.45) is 1.97. The fourth-order valence-corrected chi connectivity index (χ4v) is 2.20. The van der Waals surface area contributed by atoms with Crippen molar-refractivity contribution in [2.45, 2.75) is 18.8 Å². The Bertz CT molecular complexity index is 284. The lowest BCUT2D eigenvalue weighted by Crippen LogP contribution is -1.82. The number of fused-ring (bicyclic) bond motifs is 1. The summed E-state index contributed by atoms with van der Waals surface area (Å²) >= 11 is 1.61. The van der Waals surface area contributed by atoms with E-state index in [2.05, 4.69) is 11.1 Å². The first-order valence-corrected chi connectivity index (χ1v) is 4.11. The Balaban J connectivity index is 2.46. The highest BCUT2D eigenvalue weighted by atomic mass is 32.1. The molecule has 2 nitrogen and oxygen atoms in total. The van der Waals surface area contributed by atoms with Crippen LogP contribution in [0.2, 0.25) is 0 Å². The molecule has 0 N–H and O–H groups in total. The highest BCUT2D eigenvalue weighted by Crippen LogP contribution is 2.34. The van der Waals surface area contributed by atoms with E-state index in [1.54, 1.807) is 11.3 Å². The minimum absolute atomic E-state index is 0.141. The van der Waals surface area contributed by atoms with Crippen molar-refractivity contribution < 1.29 is 0 Å². The highest BCUT2D eigenvalue weighted by molar-refractivity contribution is 7.09. The van der Waals surface area contributed by atoms with Crippen molar-refractivity contribution in [2.75, 3.05) is 0 Å². The molecule has 0 unspecified atom stereocenters. The van der Waals surface area contributed by atoms with Gasteiger partial charge in [-0.3, -0.25) is 0 Å². The fraction of sp³-hybridized carbons (Fsp3) is 0.429. The fourth-order valence-electron chi connectivity index (χ4n) is 1.28. The maximum absolute atomic E-state index is 8.66. The second-order valence-electron chi connectivity index (χ2n) is 2.38. The van der Waals surface area contributed by atoms with Gasteiger partial charge in [-0.15, -0.1) is 11.3 Å². The van der Waals surface area contributed by atoms with Crippen molar-refractivity contribution in [1.82, 2.24) is 4.98 Å². The van der Waals surface area contributed by atoms with E-state index >= 15 is 0 Å². The lowest BCUT2D eigenvalue weighted by molar-refractivity contribution is 0.825. The van der Waals surface area contributed by atoms with E-state index in [1.807, 2.05) is 5.51 Å². The minimum atomic E-state index is 0.141. The molecule has 10 heavy (non-hydrogen) atoms. The molecule has 0 aromatic carbocycles. The lowest BCUT2D eigenvalue weighted by atomic mass is 10.1. The van der Waals surface area contributed by atoms with E-state index in [4.69, 9.17) is 5.26 Å². The van der Waals surface area contributed by atoms with E-state index in [9.17, 15) is 0 Å². The summed E-state index contributed by atoms with van der Waals surface area (Å²) in [4.78, 5) is 5.36. The molecule has 0 saturated carbocycles. The maximum Gasteiger partial charge on any atom is 0.0828 e. The number of aryl methyl sites for hydroxylation is 1. The van der Waals surface area contributed by atoms with Crippen LogP contribution in [0.5, 0.6) is 0 Å². The molecule has 1 heterocycles. The zero-order chi connectivity index (χ0) is 6.97. The van der Waals surface area contributed by atoms with Crippen LogP contribution >= 0.6 is 11.3 Å². The van der Waals surface area contributed by atoms with Gasteiger partial charge in [0.1, 0.15) is 0 Å². The van der Waals surface area contributed by atoms with Crippen molar-refractivity contribution >= 4 is 11.3 Å². The topological polar surface area (TPSA) is 36.7 Å². The molecular weight excluding hydrogens is 144 g/mol. The summed E-state index contributed by atoms with van der Waals surface area (Å²) in [7, 11) is 0. The Morgan fingerprint density at radius 3 is 3.50 bits per heavy atom. The summed E-state index contributed by atoms with van der Waals surface area (Å²) in [6, 6.07) is 2.28. The predicted octanol–water partition coefficient (Wildman–Crippen LogP) is 1.70. The van der Waals surface area contributed by atoms with Gasteiger partial charge >= 0.3 is 0 Å². The average molecular weight is 150 g/mol. The molecule has 1 aliphatic carbocycles. The Hall–Kier alpha value is -0.880. The molecule has 0 amide bonds. The van der Waals surface area contributed by atoms with Crippen molar-refractivity contribution in [2.24, 2.45) is 0 Å². The highest BCUT2D eigenvalue weighted by Gasteiger charge is 2.24. The number of thiazole rings is 1. The molecule has 2 rings (SSSR count). The van der Waals surface area contributed by atoms with Gasteiger partial charge in [0.25, 0.3) is 0 Å². The van der Waals surface area contributed by atoms with Crippen LogP contribution in [-0.4, -0.2) is 4.98 Å².